The Bertz CT molecular complexity index is 552. The van der Waals surface area contributed by atoms with E-state index in [1.807, 2.05) is 0 Å². The molecule has 0 aliphatic carbocycles. The summed E-state index contributed by atoms with van der Waals surface area (Å²) in [6.07, 6.45) is 0.695. The molecule has 0 heterocycles. The SMILES string of the molecule is COc1cc(C=O)cc(C#CCN=[N+]=[N-])c1OC. The highest BCUT2D eigenvalue weighted by Gasteiger charge is 2.10. The third kappa shape index (κ3) is 3.17. The van der Waals surface area contributed by atoms with Gasteiger partial charge in [-0.25, -0.2) is 0 Å². The molecule has 0 N–H and O–H groups in total. The molecule has 18 heavy (non-hydrogen) atoms. The molecule has 92 valence electrons. The normalized spacial score (nSPS) is 8.56. The van der Waals surface area contributed by atoms with Gasteiger partial charge in [0.1, 0.15) is 6.29 Å². The van der Waals surface area contributed by atoms with Gasteiger partial charge in [-0.15, -0.1) is 0 Å². The second-order valence-corrected chi connectivity index (χ2v) is 3.11. The molecule has 0 amide bonds. The Hall–Kier alpha value is -2.64. The summed E-state index contributed by atoms with van der Waals surface area (Å²) < 4.78 is 10.3. The van der Waals surface area contributed by atoms with Crippen LogP contribution < -0.4 is 9.47 Å². The van der Waals surface area contributed by atoms with Crippen molar-refractivity contribution in [1.29, 1.82) is 0 Å². The van der Waals surface area contributed by atoms with Gasteiger partial charge >= 0.3 is 0 Å². The number of aldehydes is 1. The van der Waals surface area contributed by atoms with Crippen molar-refractivity contribution < 1.29 is 14.3 Å². The molecule has 0 atom stereocenters. The lowest BCUT2D eigenvalue weighted by Gasteiger charge is -2.10. The fraction of sp³-hybridized carbons (Fsp3) is 0.250. The van der Waals surface area contributed by atoms with Crippen molar-refractivity contribution >= 4 is 6.29 Å². The van der Waals surface area contributed by atoms with E-state index < -0.39 is 0 Å². The van der Waals surface area contributed by atoms with E-state index in [1.165, 1.54) is 14.2 Å². The minimum Gasteiger partial charge on any atom is -0.493 e. The summed E-state index contributed by atoms with van der Waals surface area (Å²) in [6, 6.07) is 3.14. The van der Waals surface area contributed by atoms with E-state index in [9.17, 15) is 4.79 Å². The number of hydrogen-bond donors (Lipinski definition) is 0. The average molecular weight is 245 g/mol. The van der Waals surface area contributed by atoms with Crippen LogP contribution in [0.2, 0.25) is 0 Å². The first-order chi connectivity index (χ1) is 8.76. The maximum atomic E-state index is 10.8. The van der Waals surface area contributed by atoms with Crippen molar-refractivity contribution in [3.8, 4) is 23.3 Å². The van der Waals surface area contributed by atoms with Gasteiger partial charge in [-0.1, -0.05) is 17.0 Å². The van der Waals surface area contributed by atoms with E-state index in [0.717, 1.165) is 0 Å². The number of hydrogen-bond acceptors (Lipinski definition) is 4. The minimum atomic E-state index is 0.0489. The number of carbonyl (C=O) groups excluding carboxylic acids is 1. The summed E-state index contributed by atoms with van der Waals surface area (Å²) >= 11 is 0. The molecule has 0 aromatic heterocycles. The largest absolute Gasteiger partial charge is 0.493 e. The Morgan fingerprint density at radius 2 is 2.22 bits per heavy atom. The number of carbonyl (C=O) groups is 1. The van der Waals surface area contributed by atoms with Gasteiger partial charge in [-0.2, -0.15) is 0 Å². The Morgan fingerprint density at radius 3 is 2.78 bits per heavy atom. The van der Waals surface area contributed by atoms with E-state index in [0.29, 0.717) is 28.9 Å². The Labute approximate surface area is 104 Å². The van der Waals surface area contributed by atoms with Gasteiger partial charge < -0.3 is 9.47 Å². The molecule has 6 heteroatoms. The van der Waals surface area contributed by atoms with Crippen LogP contribution in [0.3, 0.4) is 0 Å². The van der Waals surface area contributed by atoms with Crippen LogP contribution in [-0.4, -0.2) is 27.1 Å². The number of methoxy groups -OCH3 is 2. The van der Waals surface area contributed by atoms with Crippen LogP contribution >= 0.6 is 0 Å². The third-order valence-electron chi connectivity index (χ3n) is 2.07. The fourth-order valence-electron chi connectivity index (χ4n) is 1.35. The van der Waals surface area contributed by atoms with E-state index in [1.54, 1.807) is 12.1 Å². The number of benzene rings is 1. The van der Waals surface area contributed by atoms with Crippen LogP contribution in [0.4, 0.5) is 0 Å². The summed E-state index contributed by atoms with van der Waals surface area (Å²) in [7, 11) is 2.96. The Balaban J connectivity index is 3.24. The highest BCUT2D eigenvalue weighted by molar-refractivity contribution is 5.78. The summed E-state index contributed by atoms with van der Waals surface area (Å²) in [5, 5.41) is 3.29. The smallest absolute Gasteiger partial charge is 0.176 e. The lowest BCUT2D eigenvalue weighted by Crippen LogP contribution is -1.96. The minimum absolute atomic E-state index is 0.0489. The molecular formula is C12H11N3O3. The first kappa shape index (κ1) is 13.4. The van der Waals surface area contributed by atoms with E-state index >= 15 is 0 Å². The van der Waals surface area contributed by atoms with Crippen molar-refractivity contribution in [2.45, 2.75) is 0 Å². The zero-order valence-corrected chi connectivity index (χ0v) is 10.0. The van der Waals surface area contributed by atoms with Gasteiger partial charge in [0.15, 0.2) is 11.5 Å². The lowest BCUT2D eigenvalue weighted by molar-refractivity contribution is 0.112. The third-order valence-corrected chi connectivity index (χ3v) is 2.07. The van der Waals surface area contributed by atoms with Crippen molar-refractivity contribution in [3.05, 3.63) is 33.7 Å². The van der Waals surface area contributed by atoms with Gasteiger partial charge in [-0.05, 0) is 17.7 Å². The first-order valence-corrected chi connectivity index (χ1v) is 4.97. The fourth-order valence-corrected chi connectivity index (χ4v) is 1.35. The van der Waals surface area contributed by atoms with Gasteiger partial charge in [-0.3, -0.25) is 4.79 Å². The molecule has 0 spiro atoms. The predicted octanol–water partition coefficient (Wildman–Crippen LogP) is 2.18. The van der Waals surface area contributed by atoms with Gasteiger partial charge in [0.05, 0.1) is 26.3 Å². The molecule has 1 aromatic carbocycles. The van der Waals surface area contributed by atoms with Crippen LogP contribution in [-0.2, 0) is 0 Å². The van der Waals surface area contributed by atoms with Crippen LogP contribution in [0.15, 0.2) is 17.2 Å². The van der Waals surface area contributed by atoms with Gasteiger partial charge in [0.25, 0.3) is 0 Å². The van der Waals surface area contributed by atoms with Crippen LogP contribution in [0, 0.1) is 11.8 Å². The average Bonchev–Trinajstić information content (AvgIpc) is 2.42. The molecule has 6 nitrogen and oxygen atoms in total. The zero-order chi connectivity index (χ0) is 13.4. The van der Waals surface area contributed by atoms with Crippen LogP contribution in [0.25, 0.3) is 10.4 Å². The Morgan fingerprint density at radius 1 is 1.44 bits per heavy atom. The molecule has 0 radical (unpaired) electrons. The van der Waals surface area contributed by atoms with E-state index in [-0.39, 0.29) is 6.54 Å². The van der Waals surface area contributed by atoms with Gasteiger partial charge in [0.2, 0.25) is 0 Å². The van der Waals surface area contributed by atoms with Crippen molar-refractivity contribution in [2.24, 2.45) is 5.11 Å². The second-order valence-electron chi connectivity index (χ2n) is 3.11. The number of ether oxygens (including phenoxy) is 2. The van der Waals surface area contributed by atoms with E-state index in [4.69, 9.17) is 15.0 Å². The maximum absolute atomic E-state index is 10.8. The lowest BCUT2D eigenvalue weighted by atomic mass is 10.1. The molecule has 0 aliphatic heterocycles. The molecule has 1 rings (SSSR count). The highest BCUT2D eigenvalue weighted by atomic mass is 16.5. The molecule has 0 fully saturated rings. The first-order valence-electron chi connectivity index (χ1n) is 4.97. The van der Waals surface area contributed by atoms with Crippen molar-refractivity contribution in [2.75, 3.05) is 20.8 Å². The number of azide groups is 1. The Kier molecular flexibility index (Phi) is 5.10. The molecular weight excluding hydrogens is 234 g/mol. The molecule has 0 unspecified atom stereocenters. The molecule has 0 saturated carbocycles. The van der Waals surface area contributed by atoms with Crippen molar-refractivity contribution in [1.82, 2.24) is 0 Å². The van der Waals surface area contributed by atoms with Crippen molar-refractivity contribution in [3.63, 3.8) is 0 Å². The highest BCUT2D eigenvalue weighted by Crippen LogP contribution is 2.31. The zero-order valence-electron chi connectivity index (χ0n) is 10.0. The topological polar surface area (TPSA) is 84.3 Å². The number of rotatable bonds is 4. The van der Waals surface area contributed by atoms with Crippen LogP contribution in [0.5, 0.6) is 11.5 Å². The predicted molar refractivity (Wildman–Crippen MR) is 65.8 cm³/mol. The standard InChI is InChI=1S/C12H11N3O3/c1-17-11-7-9(8-16)6-10(12(11)18-2)4-3-5-14-15-13/h6-8H,5H2,1-2H3. The summed E-state index contributed by atoms with van der Waals surface area (Å²) in [5.41, 5.74) is 9.07. The van der Waals surface area contributed by atoms with Crippen LogP contribution in [0.1, 0.15) is 15.9 Å². The second kappa shape index (κ2) is 6.84. The quantitative estimate of drug-likeness (QED) is 0.268. The summed E-state index contributed by atoms with van der Waals surface area (Å²) in [6.45, 7) is 0.0489. The maximum Gasteiger partial charge on any atom is 0.176 e. The van der Waals surface area contributed by atoms with E-state index in [2.05, 4.69) is 21.9 Å². The molecule has 0 bridgehead atoms. The van der Waals surface area contributed by atoms with Gasteiger partial charge in [0, 0.05) is 10.5 Å². The molecule has 0 saturated heterocycles. The summed E-state index contributed by atoms with van der Waals surface area (Å²) in [4.78, 5) is 13.4. The monoisotopic (exact) mass is 245 g/mol. The molecule has 0 aliphatic rings. The molecule has 1 aromatic rings. The summed E-state index contributed by atoms with van der Waals surface area (Å²) in [5.74, 6) is 6.30. The number of nitrogens with zero attached hydrogens (tertiary/aromatic N) is 3.